The summed E-state index contributed by atoms with van der Waals surface area (Å²) >= 11 is 5.85. The summed E-state index contributed by atoms with van der Waals surface area (Å²) in [5, 5.41) is 3.34. The number of halogens is 1. The van der Waals surface area contributed by atoms with E-state index in [0.717, 1.165) is 0 Å². The molecule has 0 heterocycles. The van der Waals surface area contributed by atoms with Gasteiger partial charge in [0.2, 0.25) is 0 Å². The van der Waals surface area contributed by atoms with E-state index in [2.05, 4.69) is 29.6 Å². The Morgan fingerprint density at radius 2 is 1.44 bits per heavy atom. The van der Waals surface area contributed by atoms with Gasteiger partial charge >= 0.3 is 6.09 Å². The fourth-order valence-electron chi connectivity index (χ4n) is 3.29. The van der Waals surface area contributed by atoms with E-state index in [4.69, 9.17) is 16.3 Å². The lowest BCUT2D eigenvalue weighted by Crippen LogP contribution is -2.17. The lowest BCUT2D eigenvalue weighted by molar-refractivity contribution is 0.158. The van der Waals surface area contributed by atoms with Crippen molar-refractivity contribution in [1.29, 1.82) is 0 Å². The van der Waals surface area contributed by atoms with E-state index in [9.17, 15) is 4.79 Å². The molecule has 3 aromatic carbocycles. The number of amides is 1. The van der Waals surface area contributed by atoms with E-state index >= 15 is 0 Å². The van der Waals surface area contributed by atoms with E-state index in [-0.39, 0.29) is 5.92 Å². The highest BCUT2D eigenvalue weighted by Gasteiger charge is 2.28. The third-order valence-electron chi connectivity index (χ3n) is 4.43. The van der Waals surface area contributed by atoms with Crippen LogP contribution in [0.1, 0.15) is 17.0 Å². The minimum absolute atomic E-state index is 0.0587. The summed E-state index contributed by atoms with van der Waals surface area (Å²) in [5.41, 5.74) is 5.47. The van der Waals surface area contributed by atoms with Crippen molar-refractivity contribution < 1.29 is 9.53 Å². The number of benzene rings is 3. The highest BCUT2D eigenvalue weighted by molar-refractivity contribution is 6.30. The Bertz CT molecular complexity index is 876. The summed E-state index contributed by atoms with van der Waals surface area (Å²) < 4.78 is 5.49. The van der Waals surface area contributed by atoms with Gasteiger partial charge in [-0.3, -0.25) is 5.32 Å². The van der Waals surface area contributed by atoms with Gasteiger partial charge in [-0.15, -0.1) is 0 Å². The summed E-state index contributed by atoms with van der Waals surface area (Å²) in [6.07, 6.45) is -0.468. The molecule has 1 N–H and O–H groups in total. The van der Waals surface area contributed by atoms with Gasteiger partial charge in [-0.05, 0) is 46.5 Å². The van der Waals surface area contributed by atoms with Crippen molar-refractivity contribution in [2.24, 2.45) is 0 Å². The van der Waals surface area contributed by atoms with E-state index in [1.54, 1.807) is 24.3 Å². The molecule has 1 amide bonds. The van der Waals surface area contributed by atoms with Crippen LogP contribution in [-0.2, 0) is 4.74 Å². The second-order valence-corrected chi connectivity index (χ2v) is 6.39. The molecule has 0 atom stereocenters. The number of carbonyl (C=O) groups is 1. The molecule has 1 aliphatic rings. The minimum atomic E-state index is -0.468. The molecular formula is C21H16ClNO2. The smallest absolute Gasteiger partial charge is 0.411 e. The largest absolute Gasteiger partial charge is 0.448 e. The van der Waals surface area contributed by atoms with Crippen molar-refractivity contribution >= 4 is 23.4 Å². The standard InChI is InChI=1S/C21H16ClNO2/c22-14-9-11-15(12-10-14)23-21(24)25-13-20-18-7-3-1-5-16(18)17-6-2-4-8-19(17)20/h1-12,20H,13H2,(H,23,24). The van der Waals surface area contributed by atoms with Crippen LogP contribution in [0, 0.1) is 0 Å². The lowest BCUT2D eigenvalue weighted by atomic mass is 9.98. The van der Waals surface area contributed by atoms with Crippen molar-refractivity contribution in [3.8, 4) is 11.1 Å². The Balaban J connectivity index is 1.49. The molecule has 3 aromatic rings. The van der Waals surface area contributed by atoms with E-state index in [1.165, 1.54) is 22.3 Å². The number of fused-ring (bicyclic) bond motifs is 3. The normalized spacial score (nSPS) is 12.4. The first-order valence-corrected chi connectivity index (χ1v) is 8.48. The molecule has 0 unspecified atom stereocenters. The van der Waals surface area contributed by atoms with Crippen LogP contribution < -0.4 is 5.32 Å². The molecule has 0 fully saturated rings. The van der Waals surface area contributed by atoms with Crippen LogP contribution in [0.15, 0.2) is 72.8 Å². The molecule has 25 heavy (non-hydrogen) atoms. The summed E-state index contributed by atoms with van der Waals surface area (Å²) in [7, 11) is 0. The Kier molecular flexibility index (Phi) is 4.16. The zero-order valence-electron chi connectivity index (χ0n) is 13.4. The van der Waals surface area contributed by atoms with Crippen LogP contribution in [0.3, 0.4) is 0 Å². The first-order chi connectivity index (χ1) is 12.2. The highest BCUT2D eigenvalue weighted by atomic mass is 35.5. The van der Waals surface area contributed by atoms with E-state index in [1.807, 2.05) is 24.3 Å². The molecule has 3 nitrogen and oxygen atoms in total. The van der Waals surface area contributed by atoms with Crippen molar-refractivity contribution in [2.45, 2.75) is 5.92 Å². The van der Waals surface area contributed by atoms with Crippen LogP contribution in [0.2, 0.25) is 5.02 Å². The molecule has 0 saturated heterocycles. The minimum Gasteiger partial charge on any atom is -0.448 e. The molecule has 124 valence electrons. The molecule has 1 aliphatic carbocycles. The van der Waals surface area contributed by atoms with Crippen LogP contribution in [0.4, 0.5) is 10.5 Å². The van der Waals surface area contributed by atoms with Crippen molar-refractivity contribution in [2.75, 3.05) is 11.9 Å². The molecule has 0 aromatic heterocycles. The fraction of sp³-hybridized carbons (Fsp3) is 0.0952. The van der Waals surface area contributed by atoms with Gasteiger partial charge in [0, 0.05) is 16.6 Å². The van der Waals surface area contributed by atoms with Gasteiger partial charge in [0.1, 0.15) is 6.61 Å². The van der Waals surface area contributed by atoms with Crippen LogP contribution >= 0.6 is 11.6 Å². The van der Waals surface area contributed by atoms with Crippen molar-refractivity contribution in [3.05, 3.63) is 88.9 Å². The molecule has 0 saturated carbocycles. The van der Waals surface area contributed by atoms with Gasteiger partial charge in [-0.1, -0.05) is 60.1 Å². The Morgan fingerprint density at radius 3 is 2.04 bits per heavy atom. The number of anilines is 1. The van der Waals surface area contributed by atoms with Gasteiger partial charge in [0.05, 0.1) is 0 Å². The number of ether oxygens (including phenoxy) is 1. The maximum atomic E-state index is 12.1. The Hall–Kier alpha value is -2.78. The Morgan fingerprint density at radius 1 is 0.880 bits per heavy atom. The van der Waals surface area contributed by atoms with Gasteiger partial charge in [-0.2, -0.15) is 0 Å². The van der Waals surface area contributed by atoms with Crippen molar-refractivity contribution in [3.63, 3.8) is 0 Å². The number of rotatable bonds is 3. The maximum Gasteiger partial charge on any atom is 0.411 e. The van der Waals surface area contributed by atoms with Crippen molar-refractivity contribution in [1.82, 2.24) is 0 Å². The summed E-state index contributed by atoms with van der Waals surface area (Å²) in [6, 6.07) is 23.5. The topological polar surface area (TPSA) is 38.3 Å². The van der Waals surface area contributed by atoms with E-state index in [0.29, 0.717) is 17.3 Å². The second kappa shape index (κ2) is 6.61. The van der Waals surface area contributed by atoms with Gasteiger partial charge < -0.3 is 4.74 Å². The van der Waals surface area contributed by atoms with Gasteiger partial charge in [0.25, 0.3) is 0 Å². The van der Waals surface area contributed by atoms with Crippen LogP contribution in [-0.4, -0.2) is 12.7 Å². The van der Waals surface area contributed by atoms with Crippen LogP contribution in [0.5, 0.6) is 0 Å². The molecule has 0 bridgehead atoms. The van der Waals surface area contributed by atoms with Crippen LogP contribution in [0.25, 0.3) is 11.1 Å². The third-order valence-corrected chi connectivity index (χ3v) is 4.69. The molecule has 4 rings (SSSR count). The highest BCUT2D eigenvalue weighted by Crippen LogP contribution is 2.44. The predicted octanol–water partition coefficient (Wildman–Crippen LogP) is 5.70. The number of hydrogen-bond donors (Lipinski definition) is 1. The zero-order chi connectivity index (χ0) is 17.2. The third kappa shape index (κ3) is 3.11. The molecule has 0 spiro atoms. The summed E-state index contributed by atoms with van der Waals surface area (Å²) in [5.74, 6) is 0.0587. The average Bonchev–Trinajstić information content (AvgIpc) is 2.96. The molecule has 0 aliphatic heterocycles. The first-order valence-electron chi connectivity index (χ1n) is 8.10. The first kappa shape index (κ1) is 15.7. The maximum absolute atomic E-state index is 12.1. The number of hydrogen-bond acceptors (Lipinski definition) is 2. The van der Waals surface area contributed by atoms with E-state index < -0.39 is 6.09 Å². The van der Waals surface area contributed by atoms with Gasteiger partial charge in [0.15, 0.2) is 0 Å². The molecular weight excluding hydrogens is 334 g/mol. The number of nitrogens with one attached hydrogen (secondary N) is 1. The quantitative estimate of drug-likeness (QED) is 0.658. The molecule has 0 radical (unpaired) electrons. The Labute approximate surface area is 151 Å². The average molecular weight is 350 g/mol. The SMILES string of the molecule is O=C(Nc1ccc(Cl)cc1)OCC1c2ccccc2-c2ccccc21. The number of carbonyl (C=O) groups excluding carboxylic acids is 1. The predicted molar refractivity (Wildman–Crippen MR) is 100 cm³/mol. The molecule has 4 heteroatoms. The second-order valence-electron chi connectivity index (χ2n) is 5.96. The fourth-order valence-corrected chi connectivity index (χ4v) is 3.41. The zero-order valence-corrected chi connectivity index (χ0v) is 14.2. The monoisotopic (exact) mass is 349 g/mol. The summed E-state index contributed by atoms with van der Waals surface area (Å²) in [4.78, 5) is 12.1. The lowest BCUT2D eigenvalue weighted by Gasteiger charge is -2.14. The van der Waals surface area contributed by atoms with Gasteiger partial charge in [-0.25, -0.2) is 4.79 Å². The summed E-state index contributed by atoms with van der Waals surface area (Å²) in [6.45, 7) is 0.299.